The van der Waals surface area contributed by atoms with Crippen LogP contribution in [0.2, 0.25) is 0 Å². The van der Waals surface area contributed by atoms with E-state index in [1.807, 2.05) is 0 Å². The summed E-state index contributed by atoms with van der Waals surface area (Å²) < 4.78 is 0. The summed E-state index contributed by atoms with van der Waals surface area (Å²) in [6, 6.07) is 3.62. The first-order valence-electron chi connectivity index (χ1n) is 4.91. The van der Waals surface area contributed by atoms with Gasteiger partial charge >= 0.3 is 0 Å². The van der Waals surface area contributed by atoms with Gasteiger partial charge in [0.05, 0.1) is 0 Å². The Hall–Kier alpha value is -1.89. The summed E-state index contributed by atoms with van der Waals surface area (Å²) in [5.41, 5.74) is 0.838. The molecule has 1 aliphatic carbocycles. The molecule has 4 heteroatoms. The number of pyridine rings is 1. The zero-order valence-electron chi connectivity index (χ0n) is 8.23. The Balaban J connectivity index is 2.25. The molecule has 1 aromatic rings. The topological polar surface area (TPSA) is 54.4 Å². The zero-order valence-corrected chi connectivity index (χ0v) is 8.23. The minimum absolute atomic E-state index is 0.320. The van der Waals surface area contributed by atoms with Gasteiger partial charge in [-0.05, 0) is 36.6 Å². The van der Waals surface area contributed by atoms with E-state index in [4.69, 9.17) is 6.42 Å². The molecule has 1 fully saturated rings. The van der Waals surface area contributed by atoms with Gasteiger partial charge in [-0.15, -0.1) is 11.3 Å². The highest BCUT2D eigenvalue weighted by Crippen LogP contribution is 2.28. The van der Waals surface area contributed by atoms with Crippen LogP contribution in [0.25, 0.3) is 0 Å². The third-order valence-electron chi connectivity index (χ3n) is 2.57. The highest BCUT2D eigenvalue weighted by molar-refractivity contribution is 5.62. The van der Waals surface area contributed by atoms with Crippen LogP contribution in [-0.4, -0.2) is 11.0 Å². The van der Waals surface area contributed by atoms with Crippen molar-refractivity contribution < 1.29 is 0 Å². The van der Waals surface area contributed by atoms with Crippen molar-refractivity contribution in [3.05, 3.63) is 22.7 Å². The molecular formula is C11H11N3O. The molecule has 1 N–H and O–H groups in total. The van der Waals surface area contributed by atoms with E-state index in [1.54, 1.807) is 12.1 Å². The van der Waals surface area contributed by atoms with E-state index in [0.29, 0.717) is 23.2 Å². The van der Waals surface area contributed by atoms with E-state index < -0.39 is 0 Å². The third kappa shape index (κ3) is 1.96. The smallest absolute Gasteiger partial charge is 0.157 e. The first-order chi connectivity index (χ1) is 7.33. The lowest BCUT2D eigenvalue weighted by Gasteiger charge is -2.27. The number of nitrogens with zero attached hydrogens (tertiary/aromatic N) is 2. The van der Waals surface area contributed by atoms with Crippen LogP contribution in [0, 0.1) is 17.3 Å². The monoisotopic (exact) mass is 201 g/mol. The molecular weight excluding hydrogens is 190 g/mol. The van der Waals surface area contributed by atoms with Crippen molar-refractivity contribution >= 4 is 11.5 Å². The Morgan fingerprint density at radius 1 is 1.53 bits per heavy atom. The molecule has 1 heterocycles. The minimum atomic E-state index is 0.320. The number of terminal acetylenes is 1. The van der Waals surface area contributed by atoms with Crippen LogP contribution < -0.4 is 5.32 Å². The number of anilines is 1. The standard InChI is InChI=1S/C11H11N3O/c1-2-8-6-7-10(14-15)11(12-8)13-9-4-3-5-9/h1,6-7,9H,3-5H2,(H,12,13). The third-order valence-corrected chi connectivity index (χ3v) is 2.57. The van der Waals surface area contributed by atoms with Gasteiger partial charge in [-0.25, -0.2) is 4.98 Å². The molecule has 0 aromatic carbocycles. The van der Waals surface area contributed by atoms with Crippen LogP contribution in [0.1, 0.15) is 25.0 Å². The van der Waals surface area contributed by atoms with Gasteiger partial charge in [-0.2, -0.15) is 0 Å². The average molecular weight is 201 g/mol. The summed E-state index contributed by atoms with van der Waals surface area (Å²) >= 11 is 0. The van der Waals surface area contributed by atoms with Crippen molar-refractivity contribution in [2.45, 2.75) is 25.3 Å². The maximum absolute atomic E-state index is 10.5. The SMILES string of the molecule is C#Cc1ccc(N=O)c(NC2CCC2)n1. The number of aromatic nitrogens is 1. The summed E-state index contributed by atoms with van der Waals surface area (Å²) in [6.07, 6.45) is 8.68. The molecule has 0 amide bonds. The van der Waals surface area contributed by atoms with Crippen molar-refractivity contribution in [1.29, 1.82) is 0 Å². The van der Waals surface area contributed by atoms with Crippen molar-refractivity contribution in [3.8, 4) is 12.3 Å². The second-order valence-electron chi connectivity index (χ2n) is 3.57. The van der Waals surface area contributed by atoms with Gasteiger partial charge in [0, 0.05) is 6.04 Å². The van der Waals surface area contributed by atoms with Gasteiger partial charge in [0.25, 0.3) is 0 Å². The highest BCUT2D eigenvalue weighted by Gasteiger charge is 2.19. The maximum Gasteiger partial charge on any atom is 0.157 e. The number of hydrogen-bond acceptors (Lipinski definition) is 4. The van der Waals surface area contributed by atoms with Crippen molar-refractivity contribution in [2.24, 2.45) is 5.18 Å². The zero-order chi connectivity index (χ0) is 10.7. The first kappa shape index (κ1) is 9.66. The lowest BCUT2D eigenvalue weighted by Crippen LogP contribution is -2.27. The predicted molar refractivity (Wildman–Crippen MR) is 58.9 cm³/mol. The predicted octanol–water partition coefficient (Wildman–Crippen LogP) is 2.43. The largest absolute Gasteiger partial charge is 0.365 e. The van der Waals surface area contributed by atoms with Crippen LogP contribution in [0.4, 0.5) is 11.5 Å². The fourth-order valence-electron chi connectivity index (χ4n) is 1.46. The molecule has 0 unspecified atom stereocenters. The van der Waals surface area contributed by atoms with E-state index in [2.05, 4.69) is 21.4 Å². The first-order valence-corrected chi connectivity index (χ1v) is 4.91. The van der Waals surface area contributed by atoms with Crippen LogP contribution in [0.15, 0.2) is 17.3 Å². The van der Waals surface area contributed by atoms with E-state index in [9.17, 15) is 4.91 Å². The second kappa shape index (κ2) is 4.09. The molecule has 0 spiro atoms. The summed E-state index contributed by atoms with van der Waals surface area (Å²) in [5.74, 6) is 2.94. The minimum Gasteiger partial charge on any atom is -0.365 e. The molecule has 1 aromatic heterocycles. The van der Waals surface area contributed by atoms with Crippen molar-refractivity contribution in [1.82, 2.24) is 4.98 Å². The molecule has 2 rings (SSSR count). The van der Waals surface area contributed by atoms with Gasteiger partial charge in [0.1, 0.15) is 11.4 Å². The van der Waals surface area contributed by atoms with E-state index in [0.717, 1.165) is 12.8 Å². The number of rotatable bonds is 3. The Labute approximate surface area is 88.1 Å². The Morgan fingerprint density at radius 3 is 2.87 bits per heavy atom. The number of nitroso groups, excluding NO2 is 1. The molecule has 76 valence electrons. The fraction of sp³-hybridized carbons (Fsp3) is 0.364. The second-order valence-corrected chi connectivity index (χ2v) is 3.57. The van der Waals surface area contributed by atoms with Gasteiger partial charge in [0.2, 0.25) is 0 Å². The lowest BCUT2D eigenvalue weighted by atomic mass is 9.93. The van der Waals surface area contributed by atoms with Gasteiger partial charge < -0.3 is 5.32 Å². The molecule has 1 aliphatic rings. The molecule has 0 atom stereocenters. The van der Waals surface area contributed by atoms with Crippen molar-refractivity contribution in [3.63, 3.8) is 0 Å². The van der Waals surface area contributed by atoms with E-state index in [-0.39, 0.29) is 0 Å². The average Bonchev–Trinajstić information content (AvgIpc) is 2.23. The van der Waals surface area contributed by atoms with Gasteiger partial charge in [0.15, 0.2) is 5.82 Å². The Morgan fingerprint density at radius 2 is 2.33 bits per heavy atom. The molecule has 0 saturated heterocycles. The quantitative estimate of drug-likeness (QED) is 0.603. The van der Waals surface area contributed by atoms with Crippen LogP contribution in [0.3, 0.4) is 0 Å². The highest BCUT2D eigenvalue weighted by atomic mass is 16.3. The fourth-order valence-corrected chi connectivity index (χ4v) is 1.46. The van der Waals surface area contributed by atoms with E-state index >= 15 is 0 Å². The van der Waals surface area contributed by atoms with Crippen LogP contribution in [0.5, 0.6) is 0 Å². The summed E-state index contributed by atoms with van der Waals surface area (Å²) in [6.45, 7) is 0. The molecule has 0 bridgehead atoms. The van der Waals surface area contributed by atoms with Gasteiger partial charge in [-0.1, -0.05) is 5.92 Å². The molecule has 0 radical (unpaired) electrons. The summed E-state index contributed by atoms with van der Waals surface area (Å²) in [7, 11) is 0. The lowest BCUT2D eigenvalue weighted by molar-refractivity contribution is 0.444. The normalized spacial score (nSPS) is 15.1. The van der Waals surface area contributed by atoms with Crippen molar-refractivity contribution in [2.75, 3.05) is 5.32 Å². The summed E-state index contributed by atoms with van der Waals surface area (Å²) in [5, 5.41) is 6.09. The maximum atomic E-state index is 10.5. The summed E-state index contributed by atoms with van der Waals surface area (Å²) in [4.78, 5) is 14.7. The molecule has 1 saturated carbocycles. The Kier molecular flexibility index (Phi) is 2.64. The molecule has 4 nitrogen and oxygen atoms in total. The molecule has 15 heavy (non-hydrogen) atoms. The van der Waals surface area contributed by atoms with Gasteiger partial charge in [-0.3, -0.25) is 0 Å². The van der Waals surface area contributed by atoms with E-state index in [1.165, 1.54) is 6.42 Å². The number of hydrogen-bond donors (Lipinski definition) is 1. The number of nitrogens with one attached hydrogen (secondary N) is 1. The van der Waals surface area contributed by atoms with Crippen LogP contribution >= 0.6 is 0 Å². The van der Waals surface area contributed by atoms with Crippen LogP contribution in [-0.2, 0) is 0 Å². The Bertz CT molecular complexity index is 418. The molecule has 0 aliphatic heterocycles.